The normalized spacial score (nSPS) is 14.8. The van der Waals surface area contributed by atoms with Crippen LogP contribution in [0.25, 0.3) is 55.1 Å². The van der Waals surface area contributed by atoms with Gasteiger partial charge in [-0.25, -0.2) is 0 Å². The first-order valence-corrected chi connectivity index (χ1v) is 20.7. The van der Waals surface area contributed by atoms with Crippen molar-refractivity contribution < 1.29 is 30.0 Å². The van der Waals surface area contributed by atoms with Crippen molar-refractivity contribution in [3.8, 4) is 33.5 Å². The number of pyridine rings is 1. The number of carbonyl (C=O) groups excluding carboxylic acids is 1. The summed E-state index contributed by atoms with van der Waals surface area (Å²) in [5.74, 6) is 1.28. The molecule has 0 atom stereocenters. The van der Waals surface area contributed by atoms with Crippen LogP contribution in [-0.2, 0) is 30.3 Å². The predicted octanol–water partition coefficient (Wildman–Crippen LogP) is 14.4. The van der Waals surface area contributed by atoms with Crippen molar-refractivity contribution in [3.63, 3.8) is 0 Å². The van der Waals surface area contributed by atoms with Gasteiger partial charge in [-0.3, -0.25) is 4.79 Å². The number of nitrogens with zero attached hydrogens (tertiary/aromatic N) is 1. The van der Waals surface area contributed by atoms with Crippen LogP contribution in [0.3, 0.4) is 0 Å². The molecule has 1 saturated carbocycles. The van der Waals surface area contributed by atoms with Crippen molar-refractivity contribution in [3.05, 3.63) is 138 Å². The number of fused-ring (bicyclic) bond motifs is 6. The van der Waals surface area contributed by atoms with Crippen LogP contribution in [0.15, 0.2) is 115 Å². The van der Waals surface area contributed by atoms with Crippen LogP contribution >= 0.6 is 0 Å². The smallest absolute Gasteiger partial charge is 0.162 e. The second-order valence-corrected chi connectivity index (χ2v) is 16.2. The molecule has 56 heavy (non-hydrogen) atoms. The molecule has 0 spiro atoms. The first-order valence-electron chi connectivity index (χ1n) is 20.7. The zero-order chi connectivity index (χ0) is 38.7. The summed E-state index contributed by atoms with van der Waals surface area (Å²) in [5, 5.41) is 14.8. The number of hydrogen-bond acceptors (Lipinski definition) is 3. The summed E-state index contributed by atoms with van der Waals surface area (Å²) in [6.45, 7) is 12.9. The topological polar surface area (TPSA) is 50.2 Å². The van der Waals surface area contributed by atoms with E-state index < -0.39 is 0 Å². The number of aromatic nitrogens is 1. The van der Waals surface area contributed by atoms with E-state index in [0.717, 1.165) is 42.9 Å². The maximum Gasteiger partial charge on any atom is 0.162 e. The number of allylic oxidation sites excluding steroid dienone is 2. The number of aliphatic hydroxyl groups is 1. The summed E-state index contributed by atoms with van der Waals surface area (Å²) in [4.78, 5) is 16.6. The molecule has 1 radical (unpaired) electrons. The molecule has 1 N–H and O–H groups in total. The van der Waals surface area contributed by atoms with Crippen LogP contribution < -0.4 is 0 Å². The number of benzene rings is 5. The molecule has 0 unspecified atom stereocenters. The van der Waals surface area contributed by atoms with Gasteiger partial charge in [0.15, 0.2) is 5.78 Å². The van der Waals surface area contributed by atoms with E-state index in [0.29, 0.717) is 0 Å². The number of carbonyl (C=O) groups is 1. The summed E-state index contributed by atoms with van der Waals surface area (Å²) in [6, 6.07) is 39.3. The maximum absolute atomic E-state index is 11.7. The third kappa shape index (κ3) is 8.07. The van der Waals surface area contributed by atoms with Gasteiger partial charge in [0.25, 0.3) is 0 Å². The van der Waals surface area contributed by atoms with Crippen molar-refractivity contribution in [1.29, 1.82) is 0 Å². The Balaban J connectivity index is 0.000000286. The fraction of sp³-hybridized carbons (Fsp3) is 0.346. The van der Waals surface area contributed by atoms with Crippen molar-refractivity contribution >= 4 is 27.3 Å². The van der Waals surface area contributed by atoms with Gasteiger partial charge in [-0.15, -0.1) is 35.4 Å². The summed E-state index contributed by atoms with van der Waals surface area (Å²) >= 11 is 0. The van der Waals surface area contributed by atoms with Gasteiger partial charge in [0.2, 0.25) is 0 Å². The van der Waals surface area contributed by atoms with Gasteiger partial charge in [0.1, 0.15) is 0 Å². The second kappa shape index (κ2) is 17.8. The van der Waals surface area contributed by atoms with Crippen LogP contribution in [0.4, 0.5) is 0 Å². The van der Waals surface area contributed by atoms with Crippen LogP contribution in [0.1, 0.15) is 116 Å². The Morgan fingerprint density at radius 1 is 0.768 bits per heavy atom. The number of aliphatic hydroxyl groups excluding tert-OH is 1. The predicted molar refractivity (Wildman–Crippen MR) is 232 cm³/mol. The minimum atomic E-state index is -0.0245. The van der Waals surface area contributed by atoms with Gasteiger partial charge in [0, 0.05) is 49.6 Å². The fourth-order valence-electron chi connectivity index (χ4n) is 9.16. The summed E-state index contributed by atoms with van der Waals surface area (Å²) < 4.78 is 0. The third-order valence-corrected chi connectivity index (χ3v) is 12.7. The van der Waals surface area contributed by atoms with E-state index in [1.807, 2.05) is 40.0 Å². The first kappa shape index (κ1) is 41.3. The van der Waals surface area contributed by atoms with Crippen molar-refractivity contribution in [2.24, 2.45) is 11.8 Å². The molecular formula is C52H56IrNO2-. The molecule has 1 fully saturated rings. The molecule has 0 saturated heterocycles. The molecule has 5 aromatic carbocycles. The van der Waals surface area contributed by atoms with Gasteiger partial charge in [-0.2, -0.15) is 0 Å². The third-order valence-electron chi connectivity index (χ3n) is 12.7. The number of rotatable bonds is 10. The molecular weight excluding hydrogens is 863 g/mol. The monoisotopic (exact) mass is 919 g/mol. The second-order valence-electron chi connectivity index (χ2n) is 16.2. The van der Waals surface area contributed by atoms with E-state index in [2.05, 4.69) is 111 Å². The molecule has 0 aliphatic heterocycles. The van der Waals surface area contributed by atoms with Gasteiger partial charge in [-0.05, 0) is 123 Å². The Morgan fingerprint density at radius 2 is 1.46 bits per heavy atom. The SMILES string of the molecule is CC1(C)c2cc(C3CCCC3)ccc2-c2cc3ccc4c(-c5[c-]ccc(-c6ccccc6)c5)nccc4c3cc21.CCC(CC)C(=O)/C=C(\O)C(CC)CC.[Ir]. The minimum Gasteiger partial charge on any atom is -0.512 e. The Morgan fingerprint density at radius 3 is 2.16 bits per heavy atom. The fourth-order valence-corrected chi connectivity index (χ4v) is 9.16. The molecule has 3 nitrogen and oxygen atoms in total. The van der Waals surface area contributed by atoms with E-state index in [1.54, 1.807) is 0 Å². The van der Waals surface area contributed by atoms with Crippen molar-refractivity contribution in [1.82, 2.24) is 4.98 Å². The van der Waals surface area contributed by atoms with Crippen LogP contribution in [-0.4, -0.2) is 15.9 Å². The summed E-state index contributed by atoms with van der Waals surface area (Å²) in [7, 11) is 0. The Hall–Kier alpha value is -4.37. The molecule has 2 aliphatic carbocycles. The van der Waals surface area contributed by atoms with Gasteiger partial charge in [0.05, 0.1) is 5.76 Å². The molecule has 6 aromatic rings. The molecule has 1 aromatic heterocycles. The van der Waals surface area contributed by atoms with E-state index in [-0.39, 0.29) is 48.9 Å². The molecule has 4 heteroatoms. The average Bonchev–Trinajstić information content (AvgIpc) is 3.83. The van der Waals surface area contributed by atoms with Gasteiger partial charge < -0.3 is 10.1 Å². The van der Waals surface area contributed by atoms with Gasteiger partial charge in [-0.1, -0.05) is 115 Å². The standard InChI is InChI=1S/C39H32N.C13H24O2.Ir/c1-39(2)36-23-28(26-11-6-7-12-26)15-17-32(36)35-22-29-16-18-33-31(34(29)24-37(35)39)19-20-40-38(33)30-14-8-13-27(21-30)25-9-4-3-5-10-25;1-5-10(6-2)12(14)9-13(15)11(7-3)8-4;/h3-5,8-10,13,15-24,26H,6-7,11-12H2,1-2H3;9-11,14H,5-8H2,1-4H3;/q-1;;/b;12-9-;. The van der Waals surface area contributed by atoms with Gasteiger partial charge >= 0.3 is 0 Å². The zero-order valence-electron chi connectivity index (χ0n) is 33.9. The van der Waals surface area contributed by atoms with E-state index in [9.17, 15) is 9.90 Å². The summed E-state index contributed by atoms with van der Waals surface area (Å²) in [5.41, 5.74) is 11.6. The molecule has 8 rings (SSSR count). The van der Waals surface area contributed by atoms with Crippen molar-refractivity contribution in [2.45, 2.75) is 104 Å². The van der Waals surface area contributed by atoms with Crippen LogP contribution in [0.2, 0.25) is 0 Å². The van der Waals surface area contributed by atoms with E-state index in [4.69, 9.17) is 4.98 Å². The molecule has 291 valence electrons. The molecule has 2 aliphatic rings. The first-order chi connectivity index (χ1) is 26.7. The Bertz CT molecular complexity index is 2340. The number of ketones is 1. The Labute approximate surface area is 348 Å². The zero-order valence-corrected chi connectivity index (χ0v) is 36.3. The largest absolute Gasteiger partial charge is 0.512 e. The number of hydrogen-bond donors (Lipinski definition) is 1. The molecule has 1 heterocycles. The average molecular weight is 919 g/mol. The quantitative estimate of drug-likeness (QED) is 0.0645. The van der Waals surface area contributed by atoms with Crippen LogP contribution in [0, 0.1) is 17.9 Å². The van der Waals surface area contributed by atoms with E-state index >= 15 is 0 Å². The summed E-state index contributed by atoms with van der Waals surface area (Å²) in [6.07, 6.45) is 12.3. The minimum absolute atomic E-state index is 0. The van der Waals surface area contributed by atoms with Crippen molar-refractivity contribution in [2.75, 3.05) is 0 Å². The molecule has 0 bridgehead atoms. The molecule has 0 amide bonds. The maximum atomic E-state index is 11.7. The van der Waals surface area contributed by atoms with Crippen LogP contribution in [0.5, 0.6) is 0 Å². The van der Waals surface area contributed by atoms with E-state index in [1.165, 1.54) is 92.2 Å². The Kier molecular flexibility index (Phi) is 13.1.